The minimum absolute atomic E-state index is 0.100. The molecule has 5 heteroatoms. The number of imidazole rings is 1. The highest BCUT2D eigenvalue weighted by molar-refractivity contribution is 9.10. The van der Waals surface area contributed by atoms with Crippen LogP contribution in [0.4, 0.5) is 0 Å². The monoisotopic (exact) mass is 383 g/mol. The third-order valence-electron chi connectivity index (χ3n) is 4.59. The number of aromatic amines is 1. The van der Waals surface area contributed by atoms with Crippen molar-refractivity contribution in [3.05, 3.63) is 64.4 Å². The molecule has 122 valence electrons. The van der Waals surface area contributed by atoms with Crippen molar-refractivity contribution in [3.8, 4) is 0 Å². The predicted octanol–water partition coefficient (Wildman–Crippen LogP) is 4.35. The molecule has 0 saturated carbocycles. The molecule has 1 atom stereocenters. The molecule has 1 fully saturated rings. The third kappa shape index (κ3) is 2.96. The number of para-hydroxylation sites is 2. The second-order valence-corrected chi connectivity index (χ2v) is 7.15. The van der Waals surface area contributed by atoms with Crippen LogP contribution in [0.1, 0.15) is 34.9 Å². The molecular weight excluding hydrogens is 366 g/mol. The minimum atomic E-state index is 0.100. The lowest BCUT2D eigenvalue weighted by atomic mass is 9.96. The van der Waals surface area contributed by atoms with Gasteiger partial charge in [0.15, 0.2) is 0 Å². The van der Waals surface area contributed by atoms with Gasteiger partial charge in [-0.15, -0.1) is 0 Å². The Labute approximate surface area is 149 Å². The van der Waals surface area contributed by atoms with Gasteiger partial charge < -0.3 is 9.88 Å². The van der Waals surface area contributed by atoms with Crippen molar-refractivity contribution >= 4 is 32.9 Å². The van der Waals surface area contributed by atoms with Gasteiger partial charge in [0.05, 0.1) is 11.0 Å². The summed E-state index contributed by atoms with van der Waals surface area (Å²) < 4.78 is 0.984. The normalized spacial score (nSPS) is 18.0. The fourth-order valence-corrected chi connectivity index (χ4v) is 3.59. The molecule has 3 aromatic rings. The summed E-state index contributed by atoms with van der Waals surface area (Å²) in [4.78, 5) is 22.8. The summed E-state index contributed by atoms with van der Waals surface area (Å²) in [7, 11) is 0. The first-order valence-electron chi connectivity index (χ1n) is 8.20. The van der Waals surface area contributed by atoms with E-state index in [1.807, 2.05) is 53.4 Å². The molecule has 2 aromatic carbocycles. The van der Waals surface area contributed by atoms with Crippen molar-refractivity contribution < 1.29 is 4.79 Å². The number of halogens is 1. The van der Waals surface area contributed by atoms with Gasteiger partial charge in [-0.1, -0.05) is 28.1 Å². The highest BCUT2D eigenvalue weighted by Gasteiger charge is 2.27. The van der Waals surface area contributed by atoms with Crippen molar-refractivity contribution in [1.82, 2.24) is 14.9 Å². The van der Waals surface area contributed by atoms with E-state index in [-0.39, 0.29) is 11.8 Å². The van der Waals surface area contributed by atoms with Crippen molar-refractivity contribution in [2.75, 3.05) is 13.1 Å². The SMILES string of the molecule is O=C(c1ccc(Br)cc1)N1CCC[C@H](c2nc3ccccc3[nH]2)C1. The van der Waals surface area contributed by atoms with Crippen LogP contribution in [-0.2, 0) is 0 Å². The lowest BCUT2D eigenvalue weighted by molar-refractivity contribution is 0.0705. The number of likely N-dealkylation sites (tertiary alicyclic amines) is 1. The van der Waals surface area contributed by atoms with Gasteiger partial charge in [-0.05, 0) is 49.2 Å². The fraction of sp³-hybridized carbons (Fsp3) is 0.263. The lowest BCUT2D eigenvalue weighted by Crippen LogP contribution is -2.39. The van der Waals surface area contributed by atoms with E-state index in [1.165, 1.54) is 0 Å². The summed E-state index contributed by atoms with van der Waals surface area (Å²) >= 11 is 3.41. The number of rotatable bonds is 2. The Kier molecular flexibility index (Phi) is 4.10. The number of fused-ring (bicyclic) bond motifs is 1. The lowest BCUT2D eigenvalue weighted by Gasteiger charge is -2.32. The molecule has 0 bridgehead atoms. The average Bonchev–Trinajstić information content (AvgIpc) is 3.06. The van der Waals surface area contributed by atoms with Crippen LogP contribution in [0.25, 0.3) is 11.0 Å². The first-order valence-corrected chi connectivity index (χ1v) is 8.99. The van der Waals surface area contributed by atoms with E-state index in [2.05, 4.69) is 20.9 Å². The van der Waals surface area contributed by atoms with Crippen molar-refractivity contribution in [1.29, 1.82) is 0 Å². The van der Waals surface area contributed by atoms with E-state index in [4.69, 9.17) is 4.98 Å². The zero-order chi connectivity index (χ0) is 16.5. The van der Waals surface area contributed by atoms with Crippen LogP contribution in [0.3, 0.4) is 0 Å². The molecule has 1 aliphatic heterocycles. The van der Waals surface area contributed by atoms with Crippen LogP contribution in [0.15, 0.2) is 53.0 Å². The number of nitrogens with zero attached hydrogens (tertiary/aromatic N) is 2. The third-order valence-corrected chi connectivity index (χ3v) is 5.12. The Bertz CT molecular complexity index is 839. The molecule has 4 rings (SSSR count). The number of aromatic nitrogens is 2. The quantitative estimate of drug-likeness (QED) is 0.715. The van der Waals surface area contributed by atoms with E-state index in [9.17, 15) is 4.79 Å². The number of piperidine rings is 1. The number of hydrogen-bond donors (Lipinski definition) is 1. The van der Waals surface area contributed by atoms with Gasteiger partial charge in [-0.3, -0.25) is 4.79 Å². The Morgan fingerprint density at radius 2 is 1.96 bits per heavy atom. The van der Waals surface area contributed by atoms with Gasteiger partial charge in [0, 0.05) is 29.0 Å². The van der Waals surface area contributed by atoms with Gasteiger partial charge in [0.2, 0.25) is 0 Å². The summed E-state index contributed by atoms with van der Waals surface area (Å²) in [5.74, 6) is 1.36. The molecule has 2 heterocycles. The Morgan fingerprint density at radius 1 is 1.17 bits per heavy atom. The molecule has 4 nitrogen and oxygen atoms in total. The van der Waals surface area contributed by atoms with E-state index in [1.54, 1.807) is 0 Å². The highest BCUT2D eigenvalue weighted by Crippen LogP contribution is 2.27. The molecule has 0 unspecified atom stereocenters. The Morgan fingerprint density at radius 3 is 2.75 bits per heavy atom. The molecule has 1 saturated heterocycles. The standard InChI is InChI=1S/C19H18BrN3O/c20-15-9-7-13(8-10-15)19(24)23-11-3-4-14(12-23)18-21-16-5-1-2-6-17(16)22-18/h1-2,5-10,14H,3-4,11-12H2,(H,21,22)/t14-/m0/s1. The summed E-state index contributed by atoms with van der Waals surface area (Å²) in [6.45, 7) is 1.53. The number of carbonyl (C=O) groups excluding carboxylic acids is 1. The van der Waals surface area contributed by atoms with Gasteiger partial charge in [0.25, 0.3) is 5.91 Å². The summed E-state index contributed by atoms with van der Waals surface area (Å²) in [5, 5.41) is 0. The molecule has 1 amide bonds. The number of nitrogens with one attached hydrogen (secondary N) is 1. The first kappa shape index (κ1) is 15.4. The Balaban J connectivity index is 1.54. The van der Waals surface area contributed by atoms with Gasteiger partial charge >= 0.3 is 0 Å². The van der Waals surface area contributed by atoms with E-state index in [0.717, 1.165) is 46.3 Å². The maximum absolute atomic E-state index is 12.7. The van der Waals surface area contributed by atoms with E-state index >= 15 is 0 Å². The average molecular weight is 384 g/mol. The van der Waals surface area contributed by atoms with Crippen LogP contribution in [0, 0.1) is 0 Å². The van der Waals surface area contributed by atoms with Crippen LogP contribution in [0.2, 0.25) is 0 Å². The Hall–Kier alpha value is -2.14. The summed E-state index contributed by atoms with van der Waals surface area (Å²) in [5.41, 5.74) is 2.79. The van der Waals surface area contributed by atoms with Crippen LogP contribution >= 0.6 is 15.9 Å². The summed E-state index contributed by atoms with van der Waals surface area (Å²) in [6.07, 6.45) is 2.06. The minimum Gasteiger partial charge on any atom is -0.342 e. The van der Waals surface area contributed by atoms with Crippen molar-refractivity contribution in [2.45, 2.75) is 18.8 Å². The van der Waals surface area contributed by atoms with Gasteiger partial charge in [-0.25, -0.2) is 4.98 Å². The van der Waals surface area contributed by atoms with Crippen LogP contribution < -0.4 is 0 Å². The molecule has 1 N–H and O–H groups in total. The van der Waals surface area contributed by atoms with E-state index < -0.39 is 0 Å². The maximum atomic E-state index is 12.7. The number of carbonyl (C=O) groups is 1. The molecule has 1 aliphatic rings. The highest BCUT2D eigenvalue weighted by atomic mass is 79.9. The fourth-order valence-electron chi connectivity index (χ4n) is 3.33. The maximum Gasteiger partial charge on any atom is 0.253 e. The number of benzene rings is 2. The summed E-state index contributed by atoms with van der Waals surface area (Å²) in [6, 6.07) is 15.6. The van der Waals surface area contributed by atoms with Crippen LogP contribution in [0.5, 0.6) is 0 Å². The zero-order valence-electron chi connectivity index (χ0n) is 13.2. The second-order valence-electron chi connectivity index (χ2n) is 6.24. The molecule has 0 spiro atoms. The number of amides is 1. The van der Waals surface area contributed by atoms with Crippen molar-refractivity contribution in [2.24, 2.45) is 0 Å². The van der Waals surface area contributed by atoms with Gasteiger partial charge in [-0.2, -0.15) is 0 Å². The smallest absolute Gasteiger partial charge is 0.253 e. The van der Waals surface area contributed by atoms with E-state index in [0.29, 0.717) is 6.54 Å². The molecule has 0 aliphatic carbocycles. The van der Waals surface area contributed by atoms with Crippen LogP contribution in [-0.4, -0.2) is 33.9 Å². The van der Waals surface area contributed by atoms with Gasteiger partial charge in [0.1, 0.15) is 5.82 Å². The molecular formula is C19H18BrN3O. The first-order chi connectivity index (χ1) is 11.7. The second kappa shape index (κ2) is 6.40. The predicted molar refractivity (Wildman–Crippen MR) is 98.1 cm³/mol. The number of hydrogen-bond acceptors (Lipinski definition) is 2. The van der Waals surface area contributed by atoms with Crippen molar-refractivity contribution in [3.63, 3.8) is 0 Å². The zero-order valence-corrected chi connectivity index (χ0v) is 14.8. The molecule has 0 radical (unpaired) electrons. The molecule has 1 aromatic heterocycles. The largest absolute Gasteiger partial charge is 0.342 e. The topological polar surface area (TPSA) is 49.0 Å². The number of H-pyrrole nitrogens is 1. The molecule has 24 heavy (non-hydrogen) atoms.